The van der Waals surface area contributed by atoms with Crippen molar-refractivity contribution in [3.8, 4) is 0 Å². The first-order chi connectivity index (χ1) is 5.72. The lowest BCUT2D eigenvalue weighted by Gasteiger charge is -2.05. The van der Waals surface area contributed by atoms with Crippen molar-refractivity contribution in [2.24, 2.45) is 0 Å². The average Bonchev–Trinajstić information content (AvgIpc) is 2.09. The second kappa shape index (κ2) is 4.42. The van der Waals surface area contributed by atoms with Crippen molar-refractivity contribution in [3.05, 3.63) is 28.7 Å². The summed E-state index contributed by atoms with van der Waals surface area (Å²) in [4.78, 5) is 0. The van der Waals surface area contributed by atoms with E-state index < -0.39 is 0 Å². The molecule has 0 saturated carbocycles. The number of rotatable bonds is 1. The van der Waals surface area contributed by atoms with E-state index in [0.717, 1.165) is 10.2 Å². The topological polar surface area (TPSA) is 21.3 Å². The molecule has 0 fully saturated rings. The molecule has 0 unspecified atom stereocenters. The first kappa shape index (κ1) is 9.48. The van der Waals surface area contributed by atoms with Gasteiger partial charge in [-0.3, -0.25) is 0 Å². The van der Waals surface area contributed by atoms with Crippen LogP contribution in [-0.4, -0.2) is 12.3 Å². The molecule has 0 spiro atoms. The van der Waals surface area contributed by atoms with Gasteiger partial charge in [-0.25, -0.2) is 0 Å². The van der Waals surface area contributed by atoms with Gasteiger partial charge in [0.2, 0.25) is 0 Å². The first-order valence-electron chi connectivity index (χ1n) is 3.33. The number of hydrogen-bond donors (Lipinski definition) is 1. The van der Waals surface area contributed by atoms with Crippen LogP contribution in [0.3, 0.4) is 0 Å². The SMILES string of the molecule is COC(=S)Nc1ccc(Br)cc1. The van der Waals surface area contributed by atoms with Crippen LogP contribution in [0, 0.1) is 0 Å². The molecule has 2 nitrogen and oxygen atoms in total. The summed E-state index contributed by atoms with van der Waals surface area (Å²) in [7, 11) is 1.54. The van der Waals surface area contributed by atoms with Gasteiger partial charge in [-0.2, -0.15) is 0 Å². The molecule has 12 heavy (non-hydrogen) atoms. The van der Waals surface area contributed by atoms with E-state index in [0.29, 0.717) is 5.17 Å². The highest BCUT2D eigenvalue weighted by Gasteiger charge is 1.94. The molecule has 64 valence electrons. The summed E-state index contributed by atoms with van der Waals surface area (Å²) in [5, 5.41) is 3.28. The van der Waals surface area contributed by atoms with Crippen molar-refractivity contribution >= 4 is 39.0 Å². The molecule has 1 N–H and O–H groups in total. The summed E-state index contributed by atoms with van der Waals surface area (Å²) in [6.07, 6.45) is 0. The van der Waals surface area contributed by atoms with Crippen LogP contribution in [0.25, 0.3) is 0 Å². The fourth-order valence-electron chi connectivity index (χ4n) is 0.702. The molecule has 0 aliphatic carbocycles. The molecule has 0 heterocycles. The molecule has 0 saturated heterocycles. The van der Waals surface area contributed by atoms with Gasteiger partial charge in [-0.15, -0.1) is 0 Å². The van der Waals surface area contributed by atoms with Crippen LogP contribution in [-0.2, 0) is 4.74 Å². The maximum absolute atomic E-state index is 4.83. The van der Waals surface area contributed by atoms with Crippen molar-refractivity contribution in [2.45, 2.75) is 0 Å². The number of methoxy groups -OCH3 is 1. The summed E-state index contributed by atoms with van der Waals surface area (Å²) in [6, 6.07) is 7.69. The summed E-state index contributed by atoms with van der Waals surface area (Å²) in [6.45, 7) is 0. The van der Waals surface area contributed by atoms with Crippen LogP contribution < -0.4 is 5.32 Å². The molecular weight excluding hydrogens is 238 g/mol. The van der Waals surface area contributed by atoms with Gasteiger partial charge in [0.15, 0.2) is 0 Å². The molecule has 0 radical (unpaired) electrons. The lowest BCUT2D eigenvalue weighted by atomic mass is 10.3. The molecular formula is C8H8BrNOS. The molecule has 1 rings (SSSR count). The highest BCUT2D eigenvalue weighted by molar-refractivity contribution is 9.10. The summed E-state index contributed by atoms with van der Waals surface area (Å²) in [5.41, 5.74) is 0.921. The lowest BCUT2D eigenvalue weighted by Crippen LogP contribution is -2.10. The molecule has 0 bridgehead atoms. The maximum Gasteiger partial charge on any atom is 0.260 e. The molecule has 1 aromatic carbocycles. The van der Waals surface area contributed by atoms with Gasteiger partial charge in [-0.1, -0.05) is 15.9 Å². The minimum absolute atomic E-state index is 0.373. The van der Waals surface area contributed by atoms with E-state index >= 15 is 0 Å². The van der Waals surface area contributed by atoms with Gasteiger partial charge in [0.05, 0.1) is 7.11 Å². The molecule has 0 atom stereocenters. The smallest absolute Gasteiger partial charge is 0.260 e. The van der Waals surface area contributed by atoms with Crippen LogP contribution in [0.15, 0.2) is 28.7 Å². The number of hydrogen-bond acceptors (Lipinski definition) is 2. The number of anilines is 1. The molecule has 1 aromatic rings. The van der Waals surface area contributed by atoms with Crippen molar-refractivity contribution in [1.82, 2.24) is 0 Å². The second-order valence-corrected chi connectivity index (χ2v) is 3.41. The largest absolute Gasteiger partial charge is 0.474 e. The minimum atomic E-state index is 0.373. The summed E-state index contributed by atoms with van der Waals surface area (Å²) < 4.78 is 5.83. The summed E-state index contributed by atoms with van der Waals surface area (Å²) in [5.74, 6) is 0. The number of nitrogens with one attached hydrogen (secondary N) is 1. The predicted octanol–water partition coefficient (Wildman–Crippen LogP) is 2.79. The predicted molar refractivity (Wildman–Crippen MR) is 57.4 cm³/mol. The number of ether oxygens (including phenoxy) is 1. The van der Waals surface area contributed by atoms with E-state index in [1.165, 1.54) is 7.11 Å². The van der Waals surface area contributed by atoms with E-state index in [1.807, 2.05) is 24.3 Å². The third-order valence-corrected chi connectivity index (χ3v) is 2.07. The van der Waals surface area contributed by atoms with Crippen LogP contribution >= 0.6 is 28.1 Å². The van der Waals surface area contributed by atoms with Gasteiger partial charge in [0.1, 0.15) is 0 Å². The summed E-state index contributed by atoms with van der Waals surface area (Å²) >= 11 is 8.16. The van der Waals surface area contributed by atoms with E-state index in [9.17, 15) is 0 Å². The van der Waals surface area contributed by atoms with Gasteiger partial charge in [0.25, 0.3) is 5.17 Å². The van der Waals surface area contributed by atoms with Crippen molar-refractivity contribution in [2.75, 3.05) is 12.4 Å². The monoisotopic (exact) mass is 245 g/mol. The Hall–Kier alpha value is -0.610. The Morgan fingerprint density at radius 2 is 2.00 bits per heavy atom. The van der Waals surface area contributed by atoms with E-state index in [2.05, 4.69) is 21.2 Å². The first-order valence-corrected chi connectivity index (χ1v) is 4.53. The van der Waals surface area contributed by atoms with Crippen molar-refractivity contribution in [1.29, 1.82) is 0 Å². The second-order valence-electron chi connectivity index (χ2n) is 2.12. The lowest BCUT2D eigenvalue weighted by molar-refractivity contribution is 0.413. The Kier molecular flexibility index (Phi) is 3.49. The van der Waals surface area contributed by atoms with Crippen molar-refractivity contribution in [3.63, 3.8) is 0 Å². The van der Waals surface area contributed by atoms with Gasteiger partial charge in [0, 0.05) is 10.2 Å². The minimum Gasteiger partial charge on any atom is -0.474 e. The van der Waals surface area contributed by atoms with Crippen LogP contribution in [0.5, 0.6) is 0 Å². The number of thiocarbonyl (C=S) groups is 1. The standard InChI is InChI=1S/C8H8BrNOS/c1-11-8(12)10-7-4-2-6(9)3-5-7/h2-5H,1H3,(H,10,12). The highest BCUT2D eigenvalue weighted by atomic mass is 79.9. The normalized spacial score (nSPS) is 9.17. The van der Waals surface area contributed by atoms with E-state index in [4.69, 9.17) is 17.0 Å². The Morgan fingerprint density at radius 1 is 1.42 bits per heavy atom. The molecule has 4 heteroatoms. The Labute approximate surface area is 85.1 Å². The zero-order valence-corrected chi connectivity index (χ0v) is 8.91. The van der Waals surface area contributed by atoms with Crippen molar-refractivity contribution < 1.29 is 4.74 Å². The van der Waals surface area contributed by atoms with E-state index in [-0.39, 0.29) is 0 Å². The fourth-order valence-corrected chi connectivity index (χ4v) is 1.08. The molecule has 0 aromatic heterocycles. The highest BCUT2D eigenvalue weighted by Crippen LogP contribution is 2.13. The zero-order chi connectivity index (χ0) is 8.97. The number of halogens is 1. The Morgan fingerprint density at radius 3 is 2.50 bits per heavy atom. The zero-order valence-electron chi connectivity index (χ0n) is 6.50. The van der Waals surface area contributed by atoms with Gasteiger partial charge in [-0.05, 0) is 36.5 Å². The Balaban J connectivity index is 2.64. The molecule has 0 aliphatic heterocycles. The van der Waals surface area contributed by atoms with Gasteiger partial charge >= 0.3 is 0 Å². The van der Waals surface area contributed by atoms with Crippen LogP contribution in [0.4, 0.5) is 5.69 Å². The third kappa shape index (κ3) is 2.79. The quantitative estimate of drug-likeness (QED) is 0.770. The van der Waals surface area contributed by atoms with E-state index in [1.54, 1.807) is 0 Å². The average molecular weight is 246 g/mol. The fraction of sp³-hybridized carbons (Fsp3) is 0.125. The van der Waals surface area contributed by atoms with Gasteiger partial charge < -0.3 is 10.1 Å². The number of benzene rings is 1. The maximum atomic E-state index is 4.83. The Bertz CT molecular complexity index is 273. The molecule has 0 aliphatic rings. The molecule has 0 amide bonds. The third-order valence-electron chi connectivity index (χ3n) is 1.28. The van der Waals surface area contributed by atoms with Crippen LogP contribution in [0.1, 0.15) is 0 Å². The van der Waals surface area contributed by atoms with Crippen LogP contribution in [0.2, 0.25) is 0 Å².